The second-order valence-electron chi connectivity index (χ2n) is 3.07. The number of carbonyl (C=O) groups is 1. The van der Waals surface area contributed by atoms with Crippen molar-refractivity contribution >= 4 is 18.3 Å². The van der Waals surface area contributed by atoms with E-state index in [0.717, 1.165) is 25.9 Å². The summed E-state index contributed by atoms with van der Waals surface area (Å²) >= 11 is 0. The minimum atomic E-state index is 0. The molecule has 72 valence electrons. The van der Waals surface area contributed by atoms with Crippen LogP contribution >= 0.6 is 12.4 Å². The Labute approximate surface area is 79.9 Å². The van der Waals surface area contributed by atoms with Crippen molar-refractivity contribution in [2.45, 2.75) is 25.8 Å². The molecule has 0 aromatic rings. The molecular formula is C8H17ClN2O. The molecule has 4 heteroatoms. The van der Waals surface area contributed by atoms with Gasteiger partial charge in [-0.25, -0.2) is 0 Å². The van der Waals surface area contributed by atoms with Crippen molar-refractivity contribution in [3.8, 4) is 0 Å². The molecule has 1 saturated heterocycles. The van der Waals surface area contributed by atoms with E-state index >= 15 is 0 Å². The van der Waals surface area contributed by atoms with Gasteiger partial charge in [-0.3, -0.25) is 4.79 Å². The molecule has 12 heavy (non-hydrogen) atoms. The van der Waals surface area contributed by atoms with Crippen LogP contribution in [0.3, 0.4) is 0 Å². The maximum absolute atomic E-state index is 10.9. The van der Waals surface area contributed by atoms with Crippen molar-refractivity contribution in [1.82, 2.24) is 10.2 Å². The molecule has 1 N–H and O–H groups in total. The largest absolute Gasteiger partial charge is 0.343 e. The first kappa shape index (κ1) is 11.7. The van der Waals surface area contributed by atoms with Gasteiger partial charge in [-0.15, -0.1) is 12.4 Å². The van der Waals surface area contributed by atoms with E-state index in [1.807, 2.05) is 11.9 Å². The van der Waals surface area contributed by atoms with Crippen LogP contribution in [-0.2, 0) is 4.79 Å². The van der Waals surface area contributed by atoms with Crippen molar-refractivity contribution in [2.24, 2.45) is 0 Å². The summed E-state index contributed by atoms with van der Waals surface area (Å²) in [5.74, 6) is 0.208. The van der Waals surface area contributed by atoms with Gasteiger partial charge in [0.1, 0.15) is 0 Å². The summed E-state index contributed by atoms with van der Waals surface area (Å²) in [4.78, 5) is 12.8. The van der Waals surface area contributed by atoms with Gasteiger partial charge in [0.05, 0.1) is 0 Å². The predicted molar refractivity (Wildman–Crippen MR) is 51.6 cm³/mol. The van der Waals surface area contributed by atoms with E-state index in [2.05, 4.69) is 5.32 Å². The monoisotopic (exact) mass is 192 g/mol. The van der Waals surface area contributed by atoms with E-state index in [1.165, 1.54) is 0 Å². The molecular weight excluding hydrogens is 176 g/mol. The Balaban J connectivity index is 0.00000121. The van der Waals surface area contributed by atoms with Crippen molar-refractivity contribution in [3.63, 3.8) is 0 Å². The molecule has 1 aliphatic heterocycles. The lowest BCUT2D eigenvalue weighted by Gasteiger charge is -2.30. The highest BCUT2D eigenvalue weighted by molar-refractivity contribution is 5.85. The number of likely N-dealkylation sites (tertiary alicyclic amines) is 1. The van der Waals surface area contributed by atoms with Gasteiger partial charge in [-0.05, 0) is 19.9 Å². The summed E-state index contributed by atoms with van der Waals surface area (Å²) in [6.45, 7) is 3.47. The van der Waals surface area contributed by atoms with Crippen LogP contribution in [0.5, 0.6) is 0 Å². The zero-order valence-corrected chi connectivity index (χ0v) is 8.49. The third kappa shape index (κ3) is 2.99. The van der Waals surface area contributed by atoms with E-state index in [4.69, 9.17) is 0 Å². The lowest BCUT2D eigenvalue weighted by Crippen LogP contribution is -2.43. The van der Waals surface area contributed by atoms with E-state index < -0.39 is 0 Å². The third-order valence-electron chi connectivity index (χ3n) is 2.35. The number of hydrogen-bond donors (Lipinski definition) is 1. The fourth-order valence-electron chi connectivity index (χ4n) is 1.48. The number of halogens is 1. The van der Waals surface area contributed by atoms with Crippen LogP contribution in [0.4, 0.5) is 0 Å². The van der Waals surface area contributed by atoms with Crippen molar-refractivity contribution in [1.29, 1.82) is 0 Å². The van der Waals surface area contributed by atoms with Gasteiger partial charge < -0.3 is 10.2 Å². The predicted octanol–water partition coefficient (Wildman–Crippen LogP) is 0.638. The summed E-state index contributed by atoms with van der Waals surface area (Å²) < 4.78 is 0. The average Bonchev–Trinajstić information content (AvgIpc) is 2.05. The molecule has 0 radical (unpaired) electrons. The highest BCUT2D eigenvalue weighted by atomic mass is 35.5. The normalized spacial score (nSPS) is 18.7. The van der Waals surface area contributed by atoms with Crippen LogP contribution in [0.25, 0.3) is 0 Å². The first-order valence-corrected chi connectivity index (χ1v) is 4.17. The highest BCUT2D eigenvalue weighted by Gasteiger charge is 2.18. The van der Waals surface area contributed by atoms with Gasteiger partial charge in [0.15, 0.2) is 0 Å². The van der Waals surface area contributed by atoms with Gasteiger partial charge in [0.25, 0.3) is 0 Å². The number of nitrogens with one attached hydrogen (secondary N) is 1. The van der Waals surface area contributed by atoms with Crippen LogP contribution in [0.15, 0.2) is 0 Å². The number of piperidine rings is 1. The molecule has 0 spiro atoms. The summed E-state index contributed by atoms with van der Waals surface area (Å²) in [5.41, 5.74) is 0. The van der Waals surface area contributed by atoms with E-state index in [1.54, 1.807) is 6.92 Å². The summed E-state index contributed by atoms with van der Waals surface area (Å²) in [7, 11) is 1.98. The van der Waals surface area contributed by atoms with E-state index in [9.17, 15) is 4.79 Å². The van der Waals surface area contributed by atoms with Crippen LogP contribution in [0, 0.1) is 0 Å². The number of rotatable bonds is 1. The van der Waals surface area contributed by atoms with Gasteiger partial charge in [0, 0.05) is 26.1 Å². The quantitative estimate of drug-likeness (QED) is 0.662. The first-order chi connectivity index (χ1) is 5.24. The SMILES string of the molecule is CNC1CCN(C(C)=O)CC1.Cl. The zero-order chi connectivity index (χ0) is 8.27. The van der Waals surface area contributed by atoms with E-state index in [0.29, 0.717) is 6.04 Å². The van der Waals surface area contributed by atoms with Gasteiger partial charge in [-0.1, -0.05) is 0 Å². The molecule has 0 atom stereocenters. The van der Waals surface area contributed by atoms with Crippen molar-refractivity contribution in [3.05, 3.63) is 0 Å². The maximum atomic E-state index is 10.9. The standard InChI is InChI=1S/C8H16N2O.ClH/c1-7(11)10-5-3-8(9-2)4-6-10;/h8-9H,3-6H2,1-2H3;1H. The molecule has 1 fully saturated rings. The topological polar surface area (TPSA) is 32.3 Å². The summed E-state index contributed by atoms with van der Waals surface area (Å²) in [6.07, 6.45) is 2.19. The minimum Gasteiger partial charge on any atom is -0.343 e. The Morgan fingerprint density at radius 2 is 1.92 bits per heavy atom. The highest BCUT2D eigenvalue weighted by Crippen LogP contribution is 2.09. The molecule has 0 saturated carbocycles. The summed E-state index contributed by atoms with van der Waals surface area (Å²) in [5, 5.41) is 3.23. The average molecular weight is 193 g/mol. The van der Waals surface area contributed by atoms with Crippen LogP contribution in [-0.4, -0.2) is 37.0 Å². The maximum Gasteiger partial charge on any atom is 0.219 e. The Hall–Kier alpha value is -0.280. The molecule has 0 bridgehead atoms. The van der Waals surface area contributed by atoms with Crippen LogP contribution < -0.4 is 5.32 Å². The lowest BCUT2D eigenvalue weighted by atomic mass is 10.1. The minimum absolute atomic E-state index is 0. The Kier molecular flexibility index (Phi) is 5.25. The third-order valence-corrected chi connectivity index (χ3v) is 2.35. The Morgan fingerprint density at radius 3 is 2.25 bits per heavy atom. The van der Waals surface area contributed by atoms with Crippen LogP contribution in [0.2, 0.25) is 0 Å². The molecule has 1 heterocycles. The molecule has 1 aliphatic rings. The number of carbonyl (C=O) groups excluding carboxylic acids is 1. The second kappa shape index (κ2) is 5.38. The molecule has 0 aliphatic carbocycles. The lowest BCUT2D eigenvalue weighted by molar-refractivity contribution is -0.129. The zero-order valence-electron chi connectivity index (χ0n) is 7.67. The fraction of sp³-hybridized carbons (Fsp3) is 0.875. The first-order valence-electron chi connectivity index (χ1n) is 4.17. The second-order valence-corrected chi connectivity index (χ2v) is 3.07. The number of hydrogen-bond acceptors (Lipinski definition) is 2. The van der Waals surface area contributed by atoms with Crippen molar-refractivity contribution < 1.29 is 4.79 Å². The Bertz CT molecular complexity index is 144. The van der Waals surface area contributed by atoms with Crippen LogP contribution in [0.1, 0.15) is 19.8 Å². The molecule has 1 rings (SSSR count). The number of nitrogens with zero attached hydrogens (tertiary/aromatic N) is 1. The van der Waals surface area contributed by atoms with Gasteiger partial charge in [-0.2, -0.15) is 0 Å². The fourth-order valence-corrected chi connectivity index (χ4v) is 1.48. The van der Waals surface area contributed by atoms with Crippen molar-refractivity contribution in [2.75, 3.05) is 20.1 Å². The smallest absolute Gasteiger partial charge is 0.219 e. The Morgan fingerprint density at radius 1 is 1.42 bits per heavy atom. The molecule has 3 nitrogen and oxygen atoms in total. The van der Waals surface area contributed by atoms with Gasteiger partial charge in [0.2, 0.25) is 5.91 Å². The molecule has 1 amide bonds. The molecule has 0 unspecified atom stereocenters. The molecule has 0 aromatic carbocycles. The summed E-state index contributed by atoms with van der Waals surface area (Å²) in [6, 6.07) is 0.616. The number of amides is 1. The van der Waals surface area contributed by atoms with E-state index in [-0.39, 0.29) is 18.3 Å². The van der Waals surface area contributed by atoms with Gasteiger partial charge >= 0.3 is 0 Å². The molecule has 0 aromatic heterocycles.